The number of amides is 1. The third-order valence-corrected chi connectivity index (χ3v) is 4.04. The molecule has 4 N–H and O–H groups in total. The average Bonchev–Trinajstić information content (AvgIpc) is 3.07. The minimum Gasteiger partial charge on any atom is -0.444 e. The smallest absolute Gasteiger partial charge is 0.414 e. The first-order valence-electron chi connectivity index (χ1n) is 8.20. The molecule has 10 heteroatoms. The number of nitrogens with zero attached hydrogens (tertiary/aromatic N) is 3. The van der Waals surface area contributed by atoms with Crippen molar-refractivity contribution in [3.05, 3.63) is 42.0 Å². The Kier molecular flexibility index (Phi) is 5.43. The second-order valence-corrected chi connectivity index (χ2v) is 6.00. The topological polar surface area (TPSA) is 117 Å². The van der Waals surface area contributed by atoms with Gasteiger partial charge in [-0.25, -0.2) is 23.5 Å². The predicted octanol–water partition coefficient (Wildman–Crippen LogP) is 1.95. The Morgan fingerprint density at radius 2 is 2.15 bits per heavy atom. The molecule has 2 aromatic rings. The van der Waals surface area contributed by atoms with Gasteiger partial charge in [0.1, 0.15) is 18.6 Å². The molecule has 0 aliphatic carbocycles. The molecular formula is C17H18F2N6O2. The summed E-state index contributed by atoms with van der Waals surface area (Å²) in [6.07, 6.45) is 1.55. The molecule has 1 atom stereocenters. The number of halogens is 2. The van der Waals surface area contributed by atoms with E-state index in [-0.39, 0.29) is 24.3 Å². The summed E-state index contributed by atoms with van der Waals surface area (Å²) in [5.74, 6) is -0.738. The Morgan fingerprint density at radius 1 is 1.41 bits per heavy atom. The highest BCUT2D eigenvalue weighted by molar-refractivity contribution is 5.90. The molecule has 27 heavy (non-hydrogen) atoms. The summed E-state index contributed by atoms with van der Waals surface area (Å²) >= 11 is 0. The number of guanidine groups is 1. The maximum absolute atomic E-state index is 14.7. The number of carbonyl (C=O) groups is 1. The molecule has 2 heterocycles. The fraction of sp³-hybridized carbons (Fsp3) is 0.294. The molecule has 1 amide bonds. The minimum atomic E-state index is -0.947. The fourth-order valence-electron chi connectivity index (χ4n) is 2.73. The third-order valence-electron chi connectivity index (χ3n) is 4.04. The number of nitrogens with one attached hydrogen (secondary N) is 2. The molecule has 8 nitrogen and oxygen atoms in total. The maximum Gasteiger partial charge on any atom is 0.414 e. The number of hydrogen-bond donors (Lipinski definition) is 3. The van der Waals surface area contributed by atoms with Crippen molar-refractivity contribution in [2.75, 3.05) is 18.0 Å². The van der Waals surface area contributed by atoms with E-state index >= 15 is 0 Å². The lowest BCUT2D eigenvalue weighted by atomic mass is 10.1. The van der Waals surface area contributed by atoms with E-state index < -0.39 is 24.0 Å². The fourth-order valence-corrected chi connectivity index (χ4v) is 2.73. The van der Waals surface area contributed by atoms with E-state index in [9.17, 15) is 13.6 Å². The molecular weight excluding hydrogens is 358 g/mol. The quantitative estimate of drug-likeness (QED) is 0.555. The number of ether oxygens (including phenoxy) is 1. The Labute approximate surface area is 153 Å². The number of anilines is 1. The molecule has 0 radical (unpaired) electrons. The second kappa shape index (κ2) is 7.94. The van der Waals surface area contributed by atoms with Gasteiger partial charge in [0.25, 0.3) is 0 Å². The number of alkyl halides is 1. The number of carbonyl (C=O) groups excluding carboxylic acids is 1. The molecule has 0 saturated carbocycles. The molecule has 1 saturated heterocycles. The lowest BCUT2D eigenvalue weighted by Gasteiger charge is -2.15. The Morgan fingerprint density at radius 3 is 2.78 bits per heavy atom. The summed E-state index contributed by atoms with van der Waals surface area (Å²) < 4.78 is 32.8. The summed E-state index contributed by atoms with van der Waals surface area (Å²) in [5, 5.41) is 8.88. The van der Waals surface area contributed by atoms with Gasteiger partial charge < -0.3 is 15.4 Å². The molecule has 0 spiro atoms. The molecule has 1 aromatic carbocycles. The van der Waals surface area contributed by atoms with Crippen molar-refractivity contribution in [3.63, 3.8) is 0 Å². The van der Waals surface area contributed by atoms with Crippen molar-refractivity contribution in [1.82, 2.24) is 15.3 Å². The van der Waals surface area contributed by atoms with Crippen LogP contribution < -0.4 is 16.0 Å². The second-order valence-electron chi connectivity index (χ2n) is 6.00. The summed E-state index contributed by atoms with van der Waals surface area (Å²) in [5.41, 5.74) is 5.86. The van der Waals surface area contributed by atoms with Crippen molar-refractivity contribution in [1.29, 1.82) is 5.41 Å². The highest BCUT2D eigenvalue weighted by atomic mass is 19.1. The van der Waals surface area contributed by atoms with E-state index in [0.29, 0.717) is 24.5 Å². The van der Waals surface area contributed by atoms with Crippen molar-refractivity contribution in [3.8, 4) is 11.1 Å². The molecule has 1 fully saturated rings. The number of nitrogens with two attached hydrogens (primary N) is 1. The predicted molar refractivity (Wildman–Crippen MR) is 94.4 cm³/mol. The van der Waals surface area contributed by atoms with Crippen LogP contribution in [0.4, 0.5) is 19.5 Å². The molecule has 1 aliphatic heterocycles. The van der Waals surface area contributed by atoms with Gasteiger partial charge in [-0.2, -0.15) is 0 Å². The van der Waals surface area contributed by atoms with Crippen LogP contribution in [0.25, 0.3) is 11.1 Å². The van der Waals surface area contributed by atoms with Gasteiger partial charge in [0, 0.05) is 35.6 Å². The largest absolute Gasteiger partial charge is 0.444 e. The average molecular weight is 376 g/mol. The molecule has 142 valence electrons. The number of alkyl carbamates (subject to hydrolysis) is 1. The SMILES string of the molecule is N=C(N)NC(=O)OCc1cccc(-c2cnc(N3CC[C@H](F)C3)nc2)c1F. The van der Waals surface area contributed by atoms with E-state index in [4.69, 9.17) is 15.9 Å². The molecule has 0 bridgehead atoms. The lowest BCUT2D eigenvalue weighted by molar-refractivity contribution is 0.143. The Bertz CT molecular complexity index is 846. The van der Waals surface area contributed by atoms with Crippen LogP contribution in [0.15, 0.2) is 30.6 Å². The zero-order valence-electron chi connectivity index (χ0n) is 14.3. The van der Waals surface area contributed by atoms with Gasteiger partial charge in [0.05, 0.1) is 6.54 Å². The van der Waals surface area contributed by atoms with Gasteiger partial charge in [0.15, 0.2) is 5.96 Å². The van der Waals surface area contributed by atoms with Gasteiger partial charge in [-0.15, -0.1) is 0 Å². The van der Waals surface area contributed by atoms with Crippen LogP contribution in [0.3, 0.4) is 0 Å². The lowest BCUT2D eigenvalue weighted by Crippen LogP contribution is -2.36. The zero-order chi connectivity index (χ0) is 19.4. The van der Waals surface area contributed by atoms with Crippen LogP contribution in [0.1, 0.15) is 12.0 Å². The molecule has 1 aliphatic rings. The van der Waals surface area contributed by atoms with E-state index in [0.717, 1.165) is 0 Å². The normalized spacial score (nSPS) is 16.2. The van der Waals surface area contributed by atoms with E-state index in [2.05, 4.69) is 9.97 Å². The van der Waals surface area contributed by atoms with Gasteiger partial charge in [-0.05, 0) is 6.42 Å². The first kappa shape index (κ1) is 18.5. The Balaban J connectivity index is 1.73. The summed E-state index contributed by atoms with van der Waals surface area (Å²) in [6, 6.07) is 4.64. The number of aromatic nitrogens is 2. The van der Waals surface area contributed by atoms with Crippen molar-refractivity contribution in [2.45, 2.75) is 19.2 Å². The summed E-state index contributed by atoms with van der Waals surface area (Å²) in [6.45, 7) is 0.469. The van der Waals surface area contributed by atoms with Gasteiger partial charge in [0.2, 0.25) is 5.95 Å². The van der Waals surface area contributed by atoms with Crippen LogP contribution in [0.5, 0.6) is 0 Å². The summed E-state index contributed by atoms with van der Waals surface area (Å²) in [7, 11) is 0. The van der Waals surface area contributed by atoms with Crippen LogP contribution in [-0.4, -0.2) is 41.3 Å². The standard InChI is InChI=1S/C17H18F2N6O2/c18-12-4-5-25(8-12)16-22-6-11(7-23-16)13-3-1-2-10(14(13)19)9-27-17(26)24-15(20)21/h1-3,6-7,12H,4-5,8-9H2,(H4,20,21,24,26)/t12-/m0/s1. The van der Waals surface area contributed by atoms with Crippen molar-refractivity contribution in [2.24, 2.45) is 5.73 Å². The molecule has 0 unspecified atom stereocenters. The van der Waals surface area contributed by atoms with Crippen LogP contribution in [0.2, 0.25) is 0 Å². The molecule has 1 aromatic heterocycles. The van der Waals surface area contributed by atoms with Crippen LogP contribution in [-0.2, 0) is 11.3 Å². The Hall–Kier alpha value is -3.30. The van der Waals surface area contributed by atoms with Crippen LogP contribution in [0, 0.1) is 11.2 Å². The number of benzene rings is 1. The third kappa shape index (κ3) is 4.46. The number of rotatable bonds is 4. The highest BCUT2D eigenvalue weighted by Crippen LogP contribution is 2.26. The van der Waals surface area contributed by atoms with Crippen molar-refractivity contribution >= 4 is 18.0 Å². The van der Waals surface area contributed by atoms with Gasteiger partial charge in [-0.1, -0.05) is 18.2 Å². The zero-order valence-corrected chi connectivity index (χ0v) is 14.3. The van der Waals surface area contributed by atoms with Crippen LogP contribution >= 0.6 is 0 Å². The van der Waals surface area contributed by atoms with Crippen molar-refractivity contribution < 1.29 is 18.3 Å². The summed E-state index contributed by atoms with van der Waals surface area (Å²) in [4.78, 5) is 21.5. The van der Waals surface area contributed by atoms with E-state index in [1.54, 1.807) is 17.0 Å². The van der Waals surface area contributed by atoms with Gasteiger partial charge in [-0.3, -0.25) is 10.7 Å². The number of hydrogen-bond acceptors (Lipinski definition) is 6. The van der Waals surface area contributed by atoms with Gasteiger partial charge >= 0.3 is 6.09 Å². The van der Waals surface area contributed by atoms with E-state index in [1.807, 2.05) is 5.32 Å². The first-order valence-corrected chi connectivity index (χ1v) is 8.20. The van der Waals surface area contributed by atoms with E-state index in [1.165, 1.54) is 18.5 Å². The first-order chi connectivity index (χ1) is 12.9. The maximum atomic E-state index is 14.7. The highest BCUT2D eigenvalue weighted by Gasteiger charge is 2.23. The minimum absolute atomic E-state index is 0.148. The monoisotopic (exact) mass is 376 g/mol. The molecule has 3 rings (SSSR count).